The van der Waals surface area contributed by atoms with Crippen molar-refractivity contribution in [2.45, 2.75) is 13.2 Å². The van der Waals surface area contributed by atoms with Gasteiger partial charge in [-0.1, -0.05) is 18.2 Å². The number of aromatic nitrogens is 2. The Morgan fingerprint density at radius 3 is 2.77 bits per heavy atom. The van der Waals surface area contributed by atoms with E-state index in [0.29, 0.717) is 30.0 Å². The zero-order chi connectivity index (χ0) is 15.4. The van der Waals surface area contributed by atoms with E-state index in [1.54, 1.807) is 13.4 Å². The summed E-state index contributed by atoms with van der Waals surface area (Å²) in [6, 6.07) is 7.61. The highest BCUT2D eigenvalue weighted by Crippen LogP contribution is 2.34. The third kappa shape index (κ3) is 3.27. The molecular weight excluding hydrogens is 304 g/mol. The van der Waals surface area contributed by atoms with Crippen LogP contribution >= 0.6 is 11.5 Å². The third-order valence-electron chi connectivity index (χ3n) is 3.02. The summed E-state index contributed by atoms with van der Waals surface area (Å²) in [6.07, 6.45) is 1.16. The van der Waals surface area contributed by atoms with Crippen LogP contribution < -0.4 is 4.74 Å². The number of rotatable bonds is 5. The molecule has 0 bridgehead atoms. The molecule has 6 nitrogen and oxygen atoms in total. The lowest BCUT2D eigenvalue weighted by Crippen LogP contribution is -2.11. The Morgan fingerprint density at radius 1 is 1.32 bits per heavy atom. The summed E-state index contributed by atoms with van der Waals surface area (Å²) in [5.74, 6) is 1.34. The van der Waals surface area contributed by atoms with Crippen molar-refractivity contribution in [2.75, 3.05) is 20.3 Å². The maximum absolute atomic E-state index is 5.85. The highest BCUT2D eigenvalue weighted by Gasteiger charge is 2.25. The lowest BCUT2D eigenvalue weighted by molar-refractivity contribution is 0.00552. The molecule has 0 spiro atoms. The standard InChI is InChI=1S/C15H16N2O4S/c1-10-16-15(22-17-10)21-13-6-4-3-5-11(13)12(9-18-2)14-19-7-8-20-14/h3-6,9,14H,7-8H2,1-2H3/b12-9+. The van der Waals surface area contributed by atoms with Crippen LogP contribution in [0.25, 0.3) is 5.57 Å². The molecule has 22 heavy (non-hydrogen) atoms. The summed E-state index contributed by atoms with van der Waals surface area (Å²) in [5.41, 5.74) is 1.61. The van der Waals surface area contributed by atoms with Gasteiger partial charge in [0, 0.05) is 17.1 Å². The van der Waals surface area contributed by atoms with Gasteiger partial charge in [0.05, 0.1) is 32.2 Å². The van der Waals surface area contributed by atoms with Gasteiger partial charge in [0.15, 0.2) is 6.29 Å². The van der Waals surface area contributed by atoms with E-state index in [9.17, 15) is 0 Å². The van der Waals surface area contributed by atoms with Gasteiger partial charge in [-0.05, 0) is 13.0 Å². The molecule has 2 heterocycles. The lowest BCUT2D eigenvalue weighted by atomic mass is 10.1. The van der Waals surface area contributed by atoms with E-state index in [1.165, 1.54) is 11.5 Å². The average Bonchev–Trinajstić information content (AvgIpc) is 3.18. The van der Waals surface area contributed by atoms with Crippen molar-refractivity contribution < 1.29 is 18.9 Å². The molecule has 0 aliphatic carbocycles. The second-order valence-corrected chi connectivity index (χ2v) is 5.30. The van der Waals surface area contributed by atoms with E-state index in [2.05, 4.69) is 9.36 Å². The van der Waals surface area contributed by atoms with Crippen LogP contribution in [0.3, 0.4) is 0 Å². The van der Waals surface area contributed by atoms with Crippen molar-refractivity contribution in [3.63, 3.8) is 0 Å². The van der Waals surface area contributed by atoms with E-state index >= 15 is 0 Å². The van der Waals surface area contributed by atoms with Crippen LogP contribution in [0, 0.1) is 6.92 Å². The Bertz CT molecular complexity index is 665. The Balaban J connectivity index is 1.93. The van der Waals surface area contributed by atoms with Crippen molar-refractivity contribution in [2.24, 2.45) is 0 Å². The lowest BCUT2D eigenvalue weighted by Gasteiger charge is -2.16. The molecule has 2 aromatic rings. The molecule has 1 saturated heterocycles. The van der Waals surface area contributed by atoms with Crippen LogP contribution in [0.15, 0.2) is 30.5 Å². The maximum Gasteiger partial charge on any atom is 0.298 e. The first-order valence-corrected chi connectivity index (χ1v) is 7.59. The molecular formula is C15H16N2O4S. The van der Waals surface area contributed by atoms with E-state index in [1.807, 2.05) is 31.2 Å². The number of hydrogen-bond donors (Lipinski definition) is 0. The molecule has 0 unspecified atom stereocenters. The minimum atomic E-state index is -0.458. The number of para-hydroxylation sites is 1. The predicted octanol–water partition coefficient (Wildman–Crippen LogP) is 3.00. The Kier molecular flexibility index (Phi) is 4.67. The SMILES string of the molecule is CO/C=C(\c1ccccc1Oc1nc(C)ns1)C1OCCO1. The van der Waals surface area contributed by atoms with E-state index in [0.717, 1.165) is 11.1 Å². The first-order valence-electron chi connectivity index (χ1n) is 6.81. The van der Waals surface area contributed by atoms with Crippen LogP contribution in [-0.2, 0) is 14.2 Å². The van der Waals surface area contributed by atoms with Crippen LogP contribution in [0.4, 0.5) is 0 Å². The number of ether oxygens (including phenoxy) is 4. The van der Waals surface area contributed by atoms with Gasteiger partial charge in [0.25, 0.3) is 5.19 Å². The molecule has 1 aromatic carbocycles. The first-order chi connectivity index (χ1) is 10.8. The molecule has 1 aromatic heterocycles. The zero-order valence-electron chi connectivity index (χ0n) is 12.3. The number of hydrogen-bond acceptors (Lipinski definition) is 7. The molecule has 7 heteroatoms. The van der Waals surface area contributed by atoms with E-state index < -0.39 is 6.29 Å². The Labute approximate surface area is 132 Å². The van der Waals surface area contributed by atoms with Gasteiger partial charge >= 0.3 is 0 Å². The quantitative estimate of drug-likeness (QED) is 0.789. The zero-order valence-corrected chi connectivity index (χ0v) is 13.1. The van der Waals surface area contributed by atoms with Crippen molar-refractivity contribution in [3.05, 3.63) is 41.9 Å². The summed E-state index contributed by atoms with van der Waals surface area (Å²) >= 11 is 1.21. The molecule has 0 N–H and O–H groups in total. The topological polar surface area (TPSA) is 62.7 Å². The third-order valence-corrected chi connectivity index (χ3v) is 3.71. The number of benzene rings is 1. The summed E-state index contributed by atoms with van der Waals surface area (Å²) in [6.45, 7) is 2.94. The largest absolute Gasteiger partial charge is 0.504 e. The molecule has 0 saturated carbocycles. The second kappa shape index (κ2) is 6.87. The van der Waals surface area contributed by atoms with E-state index in [4.69, 9.17) is 18.9 Å². The molecule has 116 valence electrons. The van der Waals surface area contributed by atoms with E-state index in [-0.39, 0.29) is 0 Å². The molecule has 3 rings (SSSR count). The van der Waals surface area contributed by atoms with Gasteiger partial charge in [-0.2, -0.15) is 9.36 Å². The monoisotopic (exact) mass is 320 g/mol. The number of aryl methyl sites for hydroxylation is 1. The fourth-order valence-electron chi connectivity index (χ4n) is 2.12. The number of methoxy groups -OCH3 is 1. The number of nitrogens with zero attached hydrogens (tertiary/aromatic N) is 2. The summed E-state index contributed by atoms with van der Waals surface area (Å²) in [4.78, 5) is 4.22. The first kappa shape index (κ1) is 15.0. The van der Waals surface area contributed by atoms with Crippen molar-refractivity contribution in [1.82, 2.24) is 9.36 Å². The molecule has 1 fully saturated rings. The van der Waals surface area contributed by atoms with Crippen molar-refractivity contribution in [1.29, 1.82) is 0 Å². The van der Waals surface area contributed by atoms with Gasteiger partial charge < -0.3 is 18.9 Å². The Morgan fingerprint density at radius 2 is 2.09 bits per heavy atom. The summed E-state index contributed by atoms with van der Waals surface area (Å²) in [7, 11) is 1.59. The molecule has 1 aliphatic heterocycles. The van der Waals surface area contributed by atoms with Gasteiger partial charge in [-0.3, -0.25) is 0 Å². The van der Waals surface area contributed by atoms with Gasteiger partial charge in [-0.15, -0.1) is 0 Å². The molecule has 0 atom stereocenters. The van der Waals surface area contributed by atoms with Gasteiger partial charge in [0.2, 0.25) is 0 Å². The minimum Gasteiger partial charge on any atom is -0.504 e. The van der Waals surface area contributed by atoms with Crippen LogP contribution in [0.1, 0.15) is 11.4 Å². The molecule has 0 radical (unpaired) electrons. The maximum atomic E-state index is 5.85. The fraction of sp³-hybridized carbons (Fsp3) is 0.333. The van der Waals surface area contributed by atoms with Crippen LogP contribution in [0.2, 0.25) is 0 Å². The second-order valence-electron chi connectivity index (χ2n) is 4.59. The van der Waals surface area contributed by atoms with Gasteiger partial charge in [-0.25, -0.2) is 0 Å². The average molecular weight is 320 g/mol. The highest BCUT2D eigenvalue weighted by molar-refractivity contribution is 7.07. The highest BCUT2D eigenvalue weighted by atomic mass is 32.1. The molecule has 1 aliphatic rings. The van der Waals surface area contributed by atoms with Crippen LogP contribution in [0.5, 0.6) is 10.9 Å². The van der Waals surface area contributed by atoms with Crippen LogP contribution in [-0.4, -0.2) is 36.0 Å². The summed E-state index contributed by atoms with van der Waals surface area (Å²) < 4.78 is 26.3. The van der Waals surface area contributed by atoms with Crippen molar-refractivity contribution >= 4 is 17.1 Å². The molecule has 0 amide bonds. The fourth-order valence-corrected chi connectivity index (χ4v) is 2.67. The van der Waals surface area contributed by atoms with Crippen molar-refractivity contribution in [3.8, 4) is 10.9 Å². The van der Waals surface area contributed by atoms with Gasteiger partial charge in [0.1, 0.15) is 11.6 Å². The normalized spacial score (nSPS) is 16.0. The predicted molar refractivity (Wildman–Crippen MR) is 81.8 cm³/mol. The minimum absolute atomic E-state index is 0.458. The summed E-state index contributed by atoms with van der Waals surface area (Å²) in [5, 5.41) is 0.495. The smallest absolute Gasteiger partial charge is 0.298 e. The Hall–Kier alpha value is -1.96.